The highest BCUT2D eigenvalue weighted by molar-refractivity contribution is 6.30. The van der Waals surface area contributed by atoms with Gasteiger partial charge in [-0.05, 0) is 17.7 Å². The van der Waals surface area contributed by atoms with Gasteiger partial charge in [0.1, 0.15) is 5.69 Å². The standard InChI is InChI=1S/C10H8ClF2N3/c11-6-3-1-2-5(4-6)7-8(9(12)13)15-16-10(7)14/h1-4,9H,(H3,14,15,16). The fourth-order valence-electron chi connectivity index (χ4n) is 1.48. The van der Waals surface area contributed by atoms with E-state index in [1.165, 1.54) is 0 Å². The number of aromatic amines is 1. The average Bonchev–Trinajstić information content (AvgIpc) is 2.60. The third-order valence-electron chi connectivity index (χ3n) is 2.15. The number of H-pyrrole nitrogens is 1. The van der Waals surface area contributed by atoms with Crippen molar-refractivity contribution in [2.75, 3.05) is 5.73 Å². The Morgan fingerprint density at radius 1 is 1.38 bits per heavy atom. The predicted octanol–water partition coefficient (Wildman–Crippen LogP) is 3.25. The van der Waals surface area contributed by atoms with E-state index in [-0.39, 0.29) is 17.1 Å². The number of rotatable bonds is 2. The number of halogens is 3. The number of benzene rings is 1. The van der Waals surface area contributed by atoms with Crippen LogP contribution in [0.25, 0.3) is 11.1 Å². The lowest BCUT2D eigenvalue weighted by atomic mass is 10.1. The van der Waals surface area contributed by atoms with E-state index in [1.807, 2.05) is 0 Å². The lowest BCUT2D eigenvalue weighted by Crippen LogP contribution is -1.91. The van der Waals surface area contributed by atoms with Crippen molar-refractivity contribution < 1.29 is 8.78 Å². The van der Waals surface area contributed by atoms with E-state index < -0.39 is 6.43 Å². The number of hydrogen-bond acceptors (Lipinski definition) is 2. The van der Waals surface area contributed by atoms with Crippen LogP contribution >= 0.6 is 11.6 Å². The number of aromatic nitrogens is 2. The maximum Gasteiger partial charge on any atom is 0.280 e. The fraction of sp³-hybridized carbons (Fsp3) is 0.100. The summed E-state index contributed by atoms with van der Waals surface area (Å²) in [6, 6.07) is 6.54. The molecule has 0 radical (unpaired) electrons. The van der Waals surface area contributed by atoms with Crippen LogP contribution in [0.4, 0.5) is 14.6 Å². The van der Waals surface area contributed by atoms with Crippen LogP contribution in [0, 0.1) is 0 Å². The maximum atomic E-state index is 12.7. The first kappa shape index (κ1) is 10.9. The van der Waals surface area contributed by atoms with Crippen LogP contribution in [0.5, 0.6) is 0 Å². The minimum atomic E-state index is -2.65. The SMILES string of the molecule is Nc1n[nH]c(C(F)F)c1-c1cccc(Cl)c1. The summed E-state index contributed by atoms with van der Waals surface area (Å²) in [4.78, 5) is 0. The Hall–Kier alpha value is -1.62. The molecule has 16 heavy (non-hydrogen) atoms. The van der Waals surface area contributed by atoms with Crippen LogP contribution in [0.15, 0.2) is 24.3 Å². The molecule has 1 aromatic carbocycles. The Bertz CT molecular complexity index is 511. The van der Waals surface area contributed by atoms with E-state index >= 15 is 0 Å². The summed E-state index contributed by atoms with van der Waals surface area (Å²) in [6.07, 6.45) is -2.65. The van der Waals surface area contributed by atoms with Crippen molar-refractivity contribution in [1.29, 1.82) is 0 Å². The van der Waals surface area contributed by atoms with Crippen LogP contribution < -0.4 is 5.73 Å². The molecular formula is C10H8ClF2N3. The minimum Gasteiger partial charge on any atom is -0.382 e. The van der Waals surface area contributed by atoms with Gasteiger partial charge >= 0.3 is 0 Å². The molecule has 0 saturated heterocycles. The van der Waals surface area contributed by atoms with E-state index in [4.69, 9.17) is 17.3 Å². The number of nitrogens with zero attached hydrogens (tertiary/aromatic N) is 1. The summed E-state index contributed by atoms with van der Waals surface area (Å²) < 4.78 is 25.3. The van der Waals surface area contributed by atoms with Crippen LogP contribution in [-0.2, 0) is 0 Å². The number of nitrogen functional groups attached to an aromatic ring is 1. The van der Waals surface area contributed by atoms with Crippen LogP contribution in [0.3, 0.4) is 0 Å². The van der Waals surface area contributed by atoms with Crippen molar-refractivity contribution in [3.05, 3.63) is 35.0 Å². The number of anilines is 1. The molecule has 1 aromatic heterocycles. The molecule has 1 heterocycles. The summed E-state index contributed by atoms with van der Waals surface area (Å²) in [6.45, 7) is 0. The molecule has 0 aliphatic heterocycles. The van der Waals surface area contributed by atoms with E-state index in [2.05, 4.69) is 10.2 Å². The van der Waals surface area contributed by atoms with E-state index in [0.29, 0.717) is 10.6 Å². The zero-order valence-corrected chi connectivity index (χ0v) is 8.80. The highest BCUT2D eigenvalue weighted by atomic mass is 35.5. The Balaban J connectivity index is 2.59. The molecule has 0 fully saturated rings. The lowest BCUT2D eigenvalue weighted by Gasteiger charge is -2.03. The number of alkyl halides is 2. The first-order valence-corrected chi connectivity index (χ1v) is 4.85. The molecule has 0 spiro atoms. The molecule has 84 valence electrons. The zero-order valence-electron chi connectivity index (χ0n) is 8.05. The average molecular weight is 244 g/mol. The second-order valence-corrected chi connectivity index (χ2v) is 3.65. The molecule has 0 aliphatic rings. The summed E-state index contributed by atoms with van der Waals surface area (Å²) in [5.74, 6) is 0.0394. The molecule has 2 rings (SSSR count). The van der Waals surface area contributed by atoms with Gasteiger partial charge in [-0.3, -0.25) is 5.10 Å². The Morgan fingerprint density at radius 3 is 2.75 bits per heavy atom. The van der Waals surface area contributed by atoms with Gasteiger partial charge in [0.05, 0.1) is 5.56 Å². The smallest absolute Gasteiger partial charge is 0.280 e. The molecule has 0 bridgehead atoms. The monoisotopic (exact) mass is 243 g/mol. The van der Waals surface area contributed by atoms with Crippen molar-refractivity contribution >= 4 is 17.4 Å². The van der Waals surface area contributed by atoms with E-state index in [0.717, 1.165) is 0 Å². The van der Waals surface area contributed by atoms with Gasteiger partial charge in [0.25, 0.3) is 6.43 Å². The summed E-state index contributed by atoms with van der Waals surface area (Å²) in [7, 11) is 0. The first-order valence-electron chi connectivity index (χ1n) is 4.47. The second-order valence-electron chi connectivity index (χ2n) is 3.21. The summed E-state index contributed by atoms with van der Waals surface area (Å²) >= 11 is 5.79. The summed E-state index contributed by atoms with van der Waals surface area (Å²) in [5.41, 5.74) is 5.98. The normalized spacial score (nSPS) is 11.0. The quantitative estimate of drug-likeness (QED) is 0.851. The molecule has 6 heteroatoms. The van der Waals surface area contributed by atoms with Gasteiger partial charge < -0.3 is 5.73 Å². The van der Waals surface area contributed by atoms with Crippen molar-refractivity contribution in [1.82, 2.24) is 10.2 Å². The molecule has 3 nitrogen and oxygen atoms in total. The summed E-state index contributed by atoms with van der Waals surface area (Å²) in [5, 5.41) is 6.25. The third kappa shape index (κ3) is 1.86. The third-order valence-corrected chi connectivity index (χ3v) is 2.39. The zero-order chi connectivity index (χ0) is 11.7. The van der Waals surface area contributed by atoms with E-state index in [1.54, 1.807) is 24.3 Å². The fourth-order valence-corrected chi connectivity index (χ4v) is 1.67. The van der Waals surface area contributed by atoms with Gasteiger partial charge in [-0.2, -0.15) is 5.10 Å². The minimum absolute atomic E-state index is 0.0394. The van der Waals surface area contributed by atoms with Crippen molar-refractivity contribution in [3.63, 3.8) is 0 Å². The largest absolute Gasteiger partial charge is 0.382 e. The lowest BCUT2D eigenvalue weighted by molar-refractivity contribution is 0.146. The van der Waals surface area contributed by atoms with Gasteiger partial charge in [-0.15, -0.1) is 0 Å². The highest BCUT2D eigenvalue weighted by Crippen LogP contribution is 2.34. The van der Waals surface area contributed by atoms with Crippen molar-refractivity contribution in [2.45, 2.75) is 6.43 Å². The molecule has 0 atom stereocenters. The molecule has 0 aliphatic carbocycles. The number of hydrogen-bond donors (Lipinski definition) is 2. The predicted molar refractivity (Wildman–Crippen MR) is 58.4 cm³/mol. The molecule has 0 unspecified atom stereocenters. The van der Waals surface area contributed by atoms with Crippen LogP contribution in [0.1, 0.15) is 12.1 Å². The van der Waals surface area contributed by atoms with Gasteiger partial charge in [0.15, 0.2) is 5.82 Å². The molecule has 0 amide bonds. The molecule has 3 N–H and O–H groups in total. The number of nitrogens with one attached hydrogen (secondary N) is 1. The topological polar surface area (TPSA) is 54.7 Å². The number of nitrogens with two attached hydrogens (primary N) is 1. The molecule has 0 saturated carbocycles. The van der Waals surface area contributed by atoms with Gasteiger partial charge in [-0.1, -0.05) is 23.7 Å². The van der Waals surface area contributed by atoms with Gasteiger partial charge in [-0.25, -0.2) is 8.78 Å². The Labute approximate surface area is 95.2 Å². The van der Waals surface area contributed by atoms with Crippen LogP contribution in [0.2, 0.25) is 5.02 Å². The molecule has 2 aromatic rings. The van der Waals surface area contributed by atoms with Crippen molar-refractivity contribution in [2.24, 2.45) is 0 Å². The Morgan fingerprint density at radius 2 is 2.12 bits per heavy atom. The Kier molecular flexibility index (Phi) is 2.78. The highest BCUT2D eigenvalue weighted by Gasteiger charge is 2.20. The van der Waals surface area contributed by atoms with Gasteiger partial charge in [0, 0.05) is 5.02 Å². The maximum absolute atomic E-state index is 12.7. The van der Waals surface area contributed by atoms with E-state index in [9.17, 15) is 8.78 Å². The van der Waals surface area contributed by atoms with Gasteiger partial charge in [0.2, 0.25) is 0 Å². The second kappa shape index (κ2) is 4.09. The van der Waals surface area contributed by atoms with Crippen molar-refractivity contribution in [3.8, 4) is 11.1 Å². The first-order chi connectivity index (χ1) is 7.59. The van der Waals surface area contributed by atoms with Crippen LogP contribution in [-0.4, -0.2) is 10.2 Å². The molecular weight excluding hydrogens is 236 g/mol.